The van der Waals surface area contributed by atoms with E-state index < -0.39 is 70.3 Å². The van der Waals surface area contributed by atoms with E-state index in [9.17, 15) is 34.8 Å². The van der Waals surface area contributed by atoms with Gasteiger partial charge in [-0.1, -0.05) is 30.3 Å². The summed E-state index contributed by atoms with van der Waals surface area (Å²) in [5.74, 6) is -3.00. The summed E-state index contributed by atoms with van der Waals surface area (Å²) in [6, 6.07) is 12.5. The Morgan fingerprint density at radius 1 is 1.02 bits per heavy atom. The molecule has 2 aliphatic carbocycles. The Morgan fingerprint density at radius 2 is 1.71 bits per heavy atom. The molecule has 258 valence electrons. The van der Waals surface area contributed by atoms with Gasteiger partial charge in [-0.15, -0.1) is 0 Å². The monoisotopic (exact) mass is 673 g/mol. The molecule has 6 atom stereocenters. The third-order valence-corrected chi connectivity index (χ3v) is 9.77. The van der Waals surface area contributed by atoms with Gasteiger partial charge < -0.3 is 39.5 Å². The van der Waals surface area contributed by atoms with E-state index in [1.807, 2.05) is 19.0 Å². The van der Waals surface area contributed by atoms with Crippen LogP contribution >= 0.6 is 0 Å². The molecule has 13 heteroatoms. The van der Waals surface area contributed by atoms with Crippen LogP contribution in [0.3, 0.4) is 0 Å². The fourth-order valence-corrected chi connectivity index (χ4v) is 7.02. The summed E-state index contributed by atoms with van der Waals surface area (Å²) in [5.41, 5.74) is 0.0860. The number of nitrogens with one attached hydrogen (secondary N) is 1. The number of carbonyl (C=O) groups is 3. The zero-order chi connectivity index (χ0) is 35.4. The third-order valence-electron chi connectivity index (χ3n) is 9.77. The first-order valence-electron chi connectivity index (χ1n) is 15.9. The zero-order valence-electron chi connectivity index (χ0n) is 27.8. The van der Waals surface area contributed by atoms with Crippen molar-refractivity contribution < 1.29 is 49.0 Å². The van der Waals surface area contributed by atoms with Gasteiger partial charge in [0, 0.05) is 47.6 Å². The number of nitrogens with zero attached hydrogens (tertiary/aromatic N) is 2. The van der Waals surface area contributed by atoms with Gasteiger partial charge in [0.2, 0.25) is 5.78 Å². The van der Waals surface area contributed by atoms with Crippen molar-refractivity contribution in [1.29, 1.82) is 0 Å². The molecule has 0 saturated carbocycles. The lowest BCUT2D eigenvalue weighted by Gasteiger charge is -2.44. The zero-order valence-corrected chi connectivity index (χ0v) is 27.8. The number of carbonyl (C=O) groups excluding carboxylic acids is 3. The number of amides is 1. The molecule has 1 aliphatic heterocycles. The van der Waals surface area contributed by atoms with Crippen molar-refractivity contribution in [2.45, 2.75) is 69.4 Å². The van der Waals surface area contributed by atoms with Crippen LogP contribution in [0.5, 0.6) is 17.2 Å². The number of ketones is 2. The molecule has 1 amide bonds. The number of phenolic OH excluding ortho intramolecular Hbond substituents is 2. The molecule has 3 aliphatic rings. The van der Waals surface area contributed by atoms with Crippen molar-refractivity contribution in [3.63, 3.8) is 0 Å². The van der Waals surface area contributed by atoms with E-state index in [-0.39, 0.29) is 59.0 Å². The first-order chi connectivity index (χ1) is 23.3. The molecule has 49 heavy (non-hydrogen) atoms. The van der Waals surface area contributed by atoms with Gasteiger partial charge in [-0.3, -0.25) is 14.4 Å². The van der Waals surface area contributed by atoms with Crippen molar-refractivity contribution in [3.05, 3.63) is 87.5 Å². The molecule has 1 fully saturated rings. The van der Waals surface area contributed by atoms with Gasteiger partial charge in [0.15, 0.2) is 12.1 Å². The molecule has 3 aromatic rings. The summed E-state index contributed by atoms with van der Waals surface area (Å²) >= 11 is 0. The highest BCUT2D eigenvalue weighted by Crippen LogP contribution is 2.52. The Morgan fingerprint density at radius 3 is 2.39 bits per heavy atom. The summed E-state index contributed by atoms with van der Waals surface area (Å²) in [6.45, 7) is 3.19. The Kier molecular flexibility index (Phi) is 9.07. The lowest BCUT2D eigenvalue weighted by Crippen LogP contribution is -2.54. The topological polar surface area (TPSA) is 187 Å². The standard InChI is InChI=1S/C36H39N3O10/c1-17-30(40)22(39(3)4)14-25(48-17)49-24-16-36(46,18(2)37-38-35(45)19-10-7-6-8-11-19)15-21-27(24)34(44)29-28(32(21)42)31(41)20-12-9-13-23(47-5)26(20)33(29)43/h6-13,17,22,24-25,30,40,42,44,46H,14-16H2,1-5H3,(H,38,45)/b37-18+/t17?,22?,24-,25?,30?,36-/m0/s1. The molecule has 0 aromatic heterocycles. The number of aromatic hydroxyl groups is 2. The van der Waals surface area contributed by atoms with Crippen LogP contribution in [-0.2, 0) is 15.9 Å². The second kappa shape index (κ2) is 13.0. The van der Waals surface area contributed by atoms with Crippen molar-refractivity contribution >= 4 is 23.2 Å². The number of benzene rings is 3. The molecule has 0 radical (unpaired) electrons. The molecule has 6 rings (SSSR count). The molecule has 0 spiro atoms. The number of hydrogen-bond acceptors (Lipinski definition) is 12. The molecule has 5 N–H and O–H groups in total. The van der Waals surface area contributed by atoms with Gasteiger partial charge in [-0.25, -0.2) is 5.43 Å². The Labute approximate surface area is 282 Å². The molecular weight excluding hydrogens is 634 g/mol. The number of hydrogen-bond donors (Lipinski definition) is 5. The second-order valence-electron chi connectivity index (χ2n) is 12.9. The van der Waals surface area contributed by atoms with E-state index in [2.05, 4.69) is 10.5 Å². The number of ether oxygens (including phenoxy) is 3. The van der Waals surface area contributed by atoms with Crippen LogP contribution in [0.4, 0.5) is 0 Å². The highest BCUT2D eigenvalue weighted by molar-refractivity contribution is 6.31. The normalized spacial score (nSPS) is 26.5. The lowest BCUT2D eigenvalue weighted by molar-refractivity contribution is -0.255. The average Bonchev–Trinajstić information content (AvgIpc) is 3.08. The Bertz CT molecular complexity index is 1860. The number of rotatable bonds is 7. The maximum atomic E-state index is 14.0. The van der Waals surface area contributed by atoms with Crippen LogP contribution in [-0.4, -0.2) is 99.9 Å². The van der Waals surface area contributed by atoms with E-state index in [0.717, 1.165) is 0 Å². The third kappa shape index (κ3) is 5.87. The summed E-state index contributed by atoms with van der Waals surface area (Å²) in [5, 5.41) is 50.7. The highest BCUT2D eigenvalue weighted by atomic mass is 16.7. The minimum absolute atomic E-state index is 0.00493. The van der Waals surface area contributed by atoms with Crippen LogP contribution in [0.2, 0.25) is 0 Å². The van der Waals surface area contributed by atoms with Gasteiger partial charge in [-0.05, 0) is 46.1 Å². The predicted octanol–water partition coefficient (Wildman–Crippen LogP) is 2.85. The van der Waals surface area contributed by atoms with E-state index in [1.54, 1.807) is 43.3 Å². The molecule has 1 heterocycles. The predicted molar refractivity (Wildman–Crippen MR) is 176 cm³/mol. The number of aliphatic hydroxyl groups excluding tert-OH is 1. The first kappa shape index (κ1) is 34.2. The fraction of sp³-hybridized carbons (Fsp3) is 0.389. The average molecular weight is 674 g/mol. The Hall–Kier alpha value is -4.66. The van der Waals surface area contributed by atoms with E-state index in [0.29, 0.717) is 5.56 Å². The summed E-state index contributed by atoms with van der Waals surface area (Å²) < 4.78 is 17.8. The SMILES string of the molecule is COc1cccc2c1C(=O)c1c(O)c3c(c(O)c1C2=O)C[C@@](O)(/C(C)=N/NC(=O)c1ccccc1)C[C@@H]3OC1CC(N(C)C)C(O)C(C)O1. The molecular formula is C36H39N3O10. The van der Waals surface area contributed by atoms with E-state index >= 15 is 0 Å². The largest absolute Gasteiger partial charge is 0.507 e. The molecule has 4 unspecified atom stereocenters. The minimum atomic E-state index is -1.87. The molecule has 13 nitrogen and oxygen atoms in total. The number of likely N-dealkylation sites (N-methyl/N-ethyl adjacent to an activating group) is 1. The van der Waals surface area contributed by atoms with Gasteiger partial charge >= 0.3 is 0 Å². The van der Waals surface area contributed by atoms with Crippen molar-refractivity contribution in [1.82, 2.24) is 10.3 Å². The van der Waals surface area contributed by atoms with Gasteiger partial charge in [0.1, 0.15) is 22.8 Å². The molecule has 3 aromatic carbocycles. The van der Waals surface area contributed by atoms with Gasteiger partial charge in [-0.2, -0.15) is 5.10 Å². The highest BCUT2D eigenvalue weighted by Gasteiger charge is 2.49. The summed E-state index contributed by atoms with van der Waals surface area (Å²) in [7, 11) is 4.98. The van der Waals surface area contributed by atoms with Crippen molar-refractivity contribution in [2.75, 3.05) is 21.2 Å². The minimum Gasteiger partial charge on any atom is -0.507 e. The first-order valence-corrected chi connectivity index (χ1v) is 15.9. The maximum Gasteiger partial charge on any atom is 0.271 e. The number of hydrazone groups is 1. The number of fused-ring (bicyclic) bond motifs is 3. The van der Waals surface area contributed by atoms with Crippen LogP contribution in [0.15, 0.2) is 53.6 Å². The smallest absolute Gasteiger partial charge is 0.271 e. The van der Waals surface area contributed by atoms with Crippen LogP contribution in [0.25, 0.3) is 0 Å². The fourth-order valence-electron chi connectivity index (χ4n) is 7.02. The summed E-state index contributed by atoms with van der Waals surface area (Å²) in [4.78, 5) is 42.4. The van der Waals surface area contributed by atoms with Crippen LogP contribution in [0, 0.1) is 0 Å². The van der Waals surface area contributed by atoms with E-state index in [1.165, 1.54) is 26.2 Å². The molecule has 0 bridgehead atoms. The number of aliphatic hydroxyl groups is 2. The van der Waals surface area contributed by atoms with Crippen molar-refractivity contribution in [2.24, 2.45) is 5.10 Å². The van der Waals surface area contributed by atoms with E-state index in [4.69, 9.17) is 14.2 Å². The van der Waals surface area contributed by atoms with Gasteiger partial charge in [0.25, 0.3) is 5.91 Å². The van der Waals surface area contributed by atoms with Gasteiger partial charge in [0.05, 0.1) is 47.8 Å². The van der Waals surface area contributed by atoms with Crippen molar-refractivity contribution in [3.8, 4) is 17.2 Å². The van der Waals surface area contributed by atoms with Crippen LogP contribution < -0.4 is 10.2 Å². The lowest BCUT2D eigenvalue weighted by atomic mass is 9.71. The summed E-state index contributed by atoms with van der Waals surface area (Å²) in [6.07, 6.45) is -4.00. The number of methoxy groups -OCH3 is 1. The Balaban J connectivity index is 1.46. The van der Waals surface area contributed by atoms with Crippen LogP contribution in [0.1, 0.15) is 86.1 Å². The number of phenols is 2. The second-order valence-corrected chi connectivity index (χ2v) is 12.9. The molecule has 1 saturated heterocycles. The quantitative estimate of drug-likeness (QED) is 0.110. The maximum absolute atomic E-state index is 14.0.